The van der Waals surface area contributed by atoms with E-state index in [2.05, 4.69) is 210 Å². The molecular weight excluding hydrogens is 896 g/mol. The minimum Gasteiger partial charge on any atom is -0.310 e. The number of hydrogen-bond acceptors (Lipinski definition) is 3. The molecule has 0 fully saturated rings. The zero-order valence-corrected chi connectivity index (χ0v) is 40.0. The van der Waals surface area contributed by atoms with E-state index in [9.17, 15) is 0 Å². The molecule has 72 heavy (non-hydrogen) atoms. The highest BCUT2D eigenvalue weighted by atomic mass is 32.1. The van der Waals surface area contributed by atoms with Crippen LogP contribution in [-0.4, -0.2) is 0 Å². The van der Waals surface area contributed by atoms with Gasteiger partial charge in [-0.25, -0.2) is 4.39 Å². The topological polar surface area (TPSA) is 6.48 Å². The third kappa shape index (κ3) is 7.66. The Morgan fingerprint density at radius 2 is 0.792 bits per heavy atom. The Hall–Kier alpha value is -9.09. The van der Waals surface area contributed by atoms with E-state index in [4.69, 9.17) is 0 Å². The lowest BCUT2D eigenvalue weighted by atomic mass is 9.94. The second kappa shape index (κ2) is 18.3. The van der Waals surface area contributed by atoms with Crippen LogP contribution in [0.25, 0.3) is 86.2 Å². The number of rotatable bonds is 10. The molecule has 0 aliphatic rings. The Kier molecular flexibility index (Phi) is 10.9. The van der Waals surface area contributed by atoms with Gasteiger partial charge in [-0.15, -0.1) is 11.3 Å². The summed E-state index contributed by atoms with van der Waals surface area (Å²) in [5.41, 5.74) is 13.8. The fourth-order valence-electron chi connectivity index (χ4n) is 10.5. The molecule has 340 valence electrons. The molecule has 0 atom stereocenters. The third-order valence-corrected chi connectivity index (χ3v) is 15.1. The molecule has 0 spiro atoms. The molecule has 0 saturated carbocycles. The van der Waals surface area contributed by atoms with Gasteiger partial charge in [-0.1, -0.05) is 200 Å². The van der Waals surface area contributed by atoms with Crippen LogP contribution < -0.4 is 9.80 Å². The third-order valence-electron chi connectivity index (χ3n) is 13.9. The van der Waals surface area contributed by atoms with Crippen LogP contribution in [0, 0.1) is 5.82 Å². The van der Waals surface area contributed by atoms with Crippen LogP contribution in [-0.2, 0) is 0 Å². The smallest absolute Gasteiger partial charge is 0.148 e. The summed E-state index contributed by atoms with van der Waals surface area (Å²) in [4.78, 5) is 4.44. The summed E-state index contributed by atoms with van der Waals surface area (Å²) in [6.45, 7) is 0. The van der Waals surface area contributed by atoms with Crippen molar-refractivity contribution in [2.45, 2.75) is 0 Å². The Labute approximate surface area is 422 Å². The molecule has 4 heteroatoms. The maximum Gasteiger partial charge on any atom is 0.148 e. The maximum atomic E-state index is 17.3. The number of anilines is 6. The molecule has 1 heterocycles. The van der Waals surface area contributed by atoms with Crippen LogP contribution >= 0.6 is 11.3 Å². The van der Waals surface area contributed by atoms with Crippen molar-refractivity contribution >= 4 is 87.2 Å². The van der Waals surface area contributed by atoms with Gasteiger partial charge in [0.2, 0.25) is 0 Å². The first-order valence-corrected chi connectivity index (χ1v) is 25.2. The number of benzene rings is 12. The molecule has 0 N–H and O–H groups in total. The van der Waals surface area contributed by atoms with Crippen LogP contribution in [0.4, 0.5) is 38.5 Å². The van der Waals surface area contributed by atoms with E-state index in [0.29, 0.717) is 5.69 Å². The summed E-state index contributed by atoms with van der Waals surface area (Å²) in [6, 6.07) is 95.4. The van der Waals surface area contributed by atoms with Crippen molar-refractivity contribution in [1.29, 1.82) is 0 Å². The first-order chi connectivity index (χ1) is 35.6. The quantitative estimate of drug-likeness (QED) is 0.126. The van der Waals surface area contributed by atoms with Crippen LogP contribution in [0.5, 0.6) is 0 Å². The Balaban J connectivity index is 0.932. The fourth-order valence-corrected chi connectivity index (χ4v) is 11.8. The molecular formula is C68H45FN2S. The van der Waals surface area contributed by atoms with Gasteiger partial charge in [-0.3, -0.25) is 0 Å². The number of fused-ring (bicyclic) bond motifs is 8. The normalized spacial score (nSPS) is 11.4. The summed E-state index contributed by atoms with van der Waals surface area (Å²) >= 11 is 1.81. The molecule has 12 aromatic carbocycles. The fraction of sp³-hybridized carbons (Fsp3) is 0. The number of para-hydroxylation sites is 3. The lowest BCUT2D eigenvalue weighted by molar-refractivity contribution is 0.630. The number of nitrogens with zero attached hydrogens (tertiary/aromatic N) is 2. The van der Waals surface area contributed by atoms with Crippen LogP contribution in [0.2, 0.25) is 0 Å². The summed E-state index contributed by atoms with van der Waals surface area (Å²) in [7, 11) is 0. The molecule has 13 rings (SSSR count). The van der Waals surface area contributed by atoms with Crippen molar-refractivity contribution in [2.75, 3.05) is 9.80 Å². The van der Waals surface area contributed by atoms with Crippen molar-refractivity contribution < 1.29 is 4.39 Å². The van der Waals surface area contributed by atoms with Crippen molar-refractivity contribution in [3.63, 3.8) is 0 Å². The van der Waals surface area contributed by atoms with Gasteiger partial charge in [0, 0.05) is 59.4 Å². The van der Waals surface area contributed by atoms with Crippen LogP contribution in [0.15, 0.2) is 273 Å². The van der Waals surface area contributed by atoms with E-state index in [0.717, 1.165) is 66.5 Å². The predicted molar refractivity (Wildman–Crippen MR) is 305 cm³/mol. The van der Waals surface area contributed by atoms with Crippen molar-refractivity contribution in [3.05, 3.63) is 279 Å². The Morgan fingerprint density at radius 1 is 0.292 bits per heavy atom. The van der Waals surface area contributed by atoms with E-state index >= 15 is 4.39 Å². The van der Waals surface area contributed by atoms with E-state index in [1.54, 1.807) is 6.07 Å². The molecule has 13 aromatic rings. The highest BCUT2D eigenvalue weighted by Gasteiger charge is 2.25. The lowest BCUT2D eigenvalue weighted by Crippen LogP contribution is -2.13. The van der Waals surface area contributed by atoms with Gasteiger partial charge < -0.3 is 9.80 Å². The molecule has 2 nitrogen and oxygen atoms in total. The van der Waals surface area contributed by atoms with Crippen molar-refractivity contribution in [2.24, 2.45) is 0 Å². The van der Waals surface area contributed by atoms with Crippen LogP contribution in [0.3, 0.4) is 0 Å². The minimum absolute atomic E-state index is 0.292. The standard InChI is InChI=1S/C68H45FN2S/c69-63-44-51(46-20-6-1-7-21-46)43-61(49-24-10-3-11-25-49)67(63)71(53-28-14-5-15-29-53)55-39-41-60-65(45-55)72-68-59-40-36-50(42-62(59)57-31-16-17-32-58(57)66(60)68)47-34-37-54(38-35-47)70(52-26-12-4-13-27-52)64-33-19-18-30-56(64)48-22-8-2-9-23-48/h1-45H. The second-order valence-electron chi connectivity index (χ2n) is 18.2. The maximum absolute atomic E-state index is 17.3. The molecule has 0 aliphatic heterocycles. The number of hydrogen-bond donors (Lipinski definition) is 0. The van der Waals surface area contributed by atoms with E-state index in [1.807, 2.05) is 78.1 Å². The molecule has 0 unspecified atom stereocenters. The Bertz CT molecular complexity index is 4080. The minimum atomic E-state index is -0.292. The van der Waals surface area contributed by atoms with Gasteiger partial charge in [-0.05, 0) is 122 Å². The molecule has 0 amide bonds. The first kappa shape index (κ1) is 43.0. The highest BCUT2D eigenvalue weighted by Crippen LogP contribution is 2.49. The number of thiophene rings is 1. The lowest BCUT2D eigenvalue weighted by Gasteiger charge is -2.29. The highest BCUT2D eigenvalue weighted by molar-refractivity contribution is 7.27. The van der Waals surface area contributed by atoms with Crippen LogP contribution in [0.1, 0.15) is 0 Å². The van der Waals surface area contributed by atoms with Gasteiger partial charge in [0.15, 0.2) is 0 Å². The van der Waals surface area contributed by atoms with Crippen molar-refractivity contribution in [3.8, 4) is 44.5 Å². The zero-order valence-electron chi connectivity index (χ0n) is 39.2. The summed E-state index contributed by atoms with van der Waals surface area (Å²) < 4.78 is 19.7. The van der Waals surface area contributed by atoms with E-state index < -0.39 is 0 Å². The number of halogens is 1. The molecule has 1 aromatic heterocycles. The molecule has 0 bridgehead atoms. The average Bonchev–Trinajstić information content (AvgIpc) is 3.85. The first-order valence-electron chi connectivity index (χ1n) is 24.3. The molecule has 0 saturated heterocycles. The van der Waals surface area contributed by atoms with Gasteiger partial charge in [0.1, 0.15) is 5.82 Å². The van der Waals surface area contributed by atoms with Gasteiger partial charge in [0.05, 0.1) is 11.4 Å². The SMILES string of the molecule is Fc1cc(-c2ccccc2)cc(-c2ccccc2)c1N(c1ccccc1)c1ccc2c(c1)sc1c3ccc(-c4ccc(N(c5ccccc5)c5ccccc5-c5ccccc5)cc4)cc3c3ccccc3c21. The monoisotopic (exact) mass is 940 g/mol. The summed E-state index contributed by atoms with van der Waals surface area (Å²) in [5, 5.41) is 7.30. The van der Waals surface area contributed by atoms with Gasteiger partial charge in [-0.2, -0.15) is 0 Å². The Morgan fingerprint density at radius 3 is 1.47 bits per heavy atom. The molecule has 0 radical (unpaired) electrons. The largest absolute Gasteiger partial charge is 0.310 e. The summed E-state index contributed by atoms with van der Waals surface area (Å²) in [6.07, 6.45) is 0. The van der Waals surface area contributed by atoms with E-state index in [-0.39, 0.29) is 5.82 Å². The van der Waals surface area contributed by atoms with Gasteiger partial charge >= 0.3 is 0 Å². The van der Waals surface area contributed by atoms with Gasteiger partial charge in [0.25, 0.3) is 0 Å². The zero-order chi connectivity index (χ0) is 48.0. The molecule has 0 aliphatic carbocycles. The average molecular weight is 941 g/mol. The second-order valence-corrected chi connectivity index (χ2v) is 19.2. The summed E-state index contributed by atoms with van der Waals surface area (Å²) in [5.74, 6) is -0.292. The van der Waals surface area contributed by atoms with Crippen molar-refractivity contribution in [1.82, 2.24) is 0 Å². The van der Waals surface area contributed by atoms with E-state index in [1.165, 1.54) is 48.1 Å². The predicted octanol–water partition coefficient (Wildman–Crippen LogP) is 20.1.